The lowest BCUT2D eigenvalue weighted by Gasteiger charge is -2.20. The smallest absolute Gasteiger partial charge is 0.0424 e. The van der Waals surface area contributed by atoms with Crippen LogP contribution in [0.2, 0.25) is 0 Å². The van der Waals surface area contributed by atoms with Crippen molar-refractivity contribution < 1.29 is 5.21 Å². The number of rotatable bonds is 1. The van der Waals surface area contributed by atoms with Crippen molar-refractivity contribution in [1.82, 2.24) is 5.06 Å². The van der Waals surface area contributed by atoms with Gasteiger partial charge in [-0.25, -0.2) is 0 Å². The van der Waals surface area contributed by atoms with Gasteiger partial charge < -0.3 is 5.21 Å². The van der Waals surface area contributed by atoms with Crippen LogP contribution in [-0.4, -0.2) is 23.4 Å². The molecule has 2 heteroatoms. The summed E-state index contributed by atoms with van der Waals surface area (Å²) in [4.78, 5) is 0. The van der Waals surface area contributed by atoms with Crippen molar-refractivity contribution >= 4 is 5.57 Å². The summed E-state index contributed by atoms with van der Waals surface area (Å²) in [5.74, 6) is 0. The molecule has 0 unspecified atom stereocenters. The predicted octanol–water partition coefficient (Wildman–Crippen LogP) is 2.16. The van der Waals surface area contributed by atoms with E-state index < -0.39 is 0 Å². The first-order valence-electron chi connectivity index (χ1n) is 4.54. The van der Waals surface area contributed by atoms with E-state index in [4.69, 9.17) is 5.21 Å². The molecule has 0 atom stereocenters. The molecule has 2 nitrogen and oxygen atoms in total. The second-order valence-corrected chi connectivity index (χ2v) is 3.26. The van der Waals surface area contributed by atoms with E-state index in [1.807, 2.05) is 18.2 Å². The van der Waals surface area contributed by atoms with E-state index in [-0.39, 0.29) is 0 Å². The van der Waals surface area contributed by atoms with Crippen LogP contribution in [0.25, 0.3) is 5.57 Å². The fraction of sp³-hybridized carbons (Fsp3) is 0.273. The Bertz CT molecular complexity index is 305. The number of nitrogens with zero attached hydrogens (tertiary/aromatic N) is 1. The van der Waals surface area contributed by atoms with Gasteiger partial charge in [0.05, 0.1) is 0 Å². The molecule has 0 bridgehead atoms. The van der Waals surface area contributed by atoms with Crippen LogP contribution in [0.5, 0.6) is 0 Å². The first-order valence-corrected chi connectivity index (χ1v) is 4.54. The van der Waals surface area contributed by atoms with Gasteiger partial charge in [0, 0.05) is 13.1 Å². The maximum atomic E-state index is 9.16. The minimum atomic E-state index is 0.643. The molecule has 13 heavy (non-hydrogen) atoms. The van der Waals surface area contributed by atoms with E-state index in [1.54, 1.807) is 0 Å². The fourth-order valence-corrected chi connectivity index (χ4v) is 1.57. The molecule has 1 N–H and O–H groups in total. The van der Waals surface area contributed by atoms with Crippen LogP contribution in [0.1, 0.15) is 12.0 Å². The lowest BCUT2D eigenvalue weighted by atomic mass is 10.0. The van der Waals surface area contributed by atoms with Gasteiger partial charge >= 0.3 is 0 Å². The van der Waals surface area contributed by atoms with Crippen LogP contribution >= 0.6 is 0 Å². The molecule has 1 aliphatic rings. The lowest BCUT2D eigenvalue weighted by molar-refractivity contribution is -0.0807. The molecule has 68 valence electrons. The van der Waals surface area contributed by atoms with E-state index in [9.17, 15) is 0 Å². The van der Waals surface area contributed by atoms with Crippen molar-refractivity contribution in [3.8, 4) is 0 Å². The highest BCUT2D eigenvalue weighted by atomic mass is 16.5. The maximum Gasteiger partial charge on any atom is 0.0424 e. The third-order valence-electron chi connectivity index (χ3n) is 2.33. The molecule has 0 amide bonds. The van der Waals surface area contributed by atoms with Crippen LogP contribution in [0.15, 0.2) is 36.4 Å². The molecule has 1 aromatic rings. The summed E-state index contributed by atoms with van der Waals surface area (Å²) in [6, 6.07) is 10.3. The Morgan fingerprint density at radius 3 is 2.54 bits per heavy atom. The van der Waals surface area contributed by atoms with Crippen LogP contribution in [-0.2, 0) is 0 Å². The summed E-state index contributed by atoms with van der Waals surface area (Å²) in [5, 5.41) is 10.5. The van der Waals surface area contributed by atoms with Gasteiger partial charge in [-0.05, 0) is 17.6 Å². The number of benzene rings is 1. The normalized spacial score (nSPS) is 18.4. The minimum absolute atomic E-state index is 0.643. The molecule has 1 aliphatic heterocycles. The second kappa shape index (κ2) is 3.73. The van der Waals surface area contributed by atoms with E-state index in [0.717, 1.165) is 13.0 Å². The Balaban J connectivity index is 2.19. The van der Waals surface area contributed by atoms with Crippen molar-refractivity contribution in [2.45, 2.75) is 6.42 Å². The van der Waals surface area contributed by atoms with Gasteiger partial charge in [0.25, 0.3) is 0 Å². The van der Waals surface area contributed by atoms with Crippen molar-refractivity contribution in [3.05, 3.63) is 42.0 Å². The number of hydrogen-bond acceptors (Lipinski definition) is 2. The Labute approximate surface area is 78.1 Å². The summed E-state index contributed by atoms with van der Waals surface area (Å²) in [6.07, 6.45) is 3.01. The molecular formula is C11H13NO. The molecule has 0 fully saturated rings. The SMILES string of the molecule is ON1CC=C(c2ccccc2)CC1. The van der Waals surface area contributed by atoms with Crippen LogP contribution in [0.3, 0.4) is 0 Å². The molecule has 1 heterocycles. The fourth-order valence-electron chi connectivity index (χ4n) is 1.57. The highest BCUT2D eigenvalue weighted by Gasteiger charge is 2.09. The first kappa shape index (κ1) is 8.48. The standard InChI is InChI=1S/C11H13NO/c13-12-8-6-11(7-9-12)10-4-2-1-3-5-10/h1-6,13H,7-9H2. The monoisotopic (exact) mass is 175 g/mol. The summed E-state index contributed by atoms with van der Waals surface area (Å²) in [7, 11) is 0. The molecule has 0 saturated heterocycles. The summed E-state index contributed by atoms with van der Waals surface area (Å²) >= 11 is 0. The Hall–Kier alpha value is -1.12. The van der Waals surface area contributed by atoms with Gasteiger partial charge in [-0.1, -0.05) is 36.4 Å². The number of hydroxylamine groups is 2. The Kier molecular flexibility index (Phi) is 2.43. The summed E-state index contributed by atoms with van der Waals surface area (Å²) in [6.45, 7) is 1.38. The maximum absolute atomic E-state index is 9.16. The largest absolute Gasteiger partial charge is 0.314 e. The zero-order chi connectivity index (χ0) is 9.10. The van der Waals surface area contributed by atoms with Crippen LogP contribution < -0.4 is 0 Å². The van der Waals surface area contributed by atoms with E-state index in [0.29, 0.717) is 6.54 Å². The predicted molar refractivity (Wildman–Crippen MR) is 52.4 cm³/mol. The molecule has 0 radical (unpaired) electrons. The zero-order valence-corrected chi connectivity index (χ0v) is 7.48. The molecule has 2 rings (SSSR count). The Morgan fingerprint density at radius 1 is 1.15 bits per heavy atom. The summed E-state index contributed by atoms with van der Waals surface area (Å²) in [5.41, 5.74) is 2.61. The van der Waals surface area contributed by atoms with Gasteiger partial charge in [0.2, 0.25) is 0 Å². The number of hydrogen-bond donors (Lipinski definition) is 1. The van der Waals surface area contributed by atoms with Crippen molar-refractivity contribution in [2.75, 3.05) is 13.1 Å². The van der Waals surface area contributed by atoms with Gasteiger partial charge in [0.1, 0.15) is 0 Å². The molecule has 0 saturated carbocycles. The Morgan fingerprint density at radius 2 is 1.92 bits per heavy atom. The third-order valence-corrected chi connectivity index (χ3v) is 2.33. The van der Waals surface area contributed by atoms with E-state index in [2.05, 4.69) is 18.2 Å². The van der Waals surface area contributed by atoms with Crippen molar-refractivity contribution in [3.63, 3.8) is 0 Å². The third kappa shape index (κ3) is 1.97. The topological polar surface area (TPSA) is 23.5 Å². The minimum Gasteiger partial charge on any atom is -0.314 e. The second-order valence-electron chi connectivity index (χ2n) is 3.26. The van der Waals surface area contributed by atoms with Crippen LogP contribution in [0, 0.1) is 0 Å². The highest BCUT2D eigenvalue weighted by Crippen LogP contribution is 2.20. The zero-order valence-electron chi connectivity index (χ0n) is 7.48. The van der Waals surface area contributed by atoms with Crippen LogP contribution in [0.4, 0.5) is 0 Å². The van der Waals surface area contributed by atoms with E-state index in [1.165, 1.54) is 16.2 Å². The average molecular weight is 175 g/mol. The van der Waals surface area contributed by atoms with Gasteiger partial charge in [0.15, 0.2) is 0 Å². The molecular weight excluding hydrogens is 162 g/mol. The lowest BCUT2D eigenvalue weighted by Crippen LogP contribution is -2.24. The molecule has 0 aromatic heterocycles. The van der Waals surface area contributed by atoms with Crippen molar-refractivity contribution in [1.29, 1.82) is 0 Å². The summed E-state index contributed by atoms with van der Waals surface area (Å²) < 4.78 is 0. The molecule has 1 aromatic carbocycles. The van der Waals surface area contributed by atoms with Gasteiger partial charge in [-0.3, -0.25) is 0 Å². The highest BCUT2D eigenvalue weighted by molar-refractivity contribution is 5.66. The van der Waals surface area contributed by atoms with Crippen molar-refractivity contribution in [2.24, 2.45) is 0 Å². The van der Waals surface area contributed by atoms with Gasteiger partial charge in [-0.2, -0.15) is 5.06 Å². The quantitative estimate of drug-likeness (QED) is 0.707. The molecule has 0 spiro atoms. The van der Waals surface area contributed by atoms with E-state index >= 15 is 0 Å². The molecule has 0 aliphatic carbocycles. The first-order chi connectivity index (χ1) is 6.36. The average Bonchev–Trinajstić information content (AvgIpc) is 2.20. The van der Waals surface area contributed by atoms with Gasteiger partial charge in [-0.15, -0.1) is 0 Å².